The predicted molar refractivity (Wildman–Crippen MR) is 124 cm³/mol. The summed E-state index contributed by atoms with van der Waals surface area (Å²) in [4.78, 5) is 8.99. The van der Waals surface area contributed by atoms with Gasteiger partial charge in [0.25, 0.3) is 5.92 Å². The molecular formula is C25H33F2N5. The summed E-state index contributed by atoms with van der Waals surface area (Å²) < 4.78 is 27.0. The summed E-state index contributed by atoms with van der Waals surface area (Å²) in [5, 5.41) is 12.5. The zero-order valence-electron chi connectivity index (χ0n) is 19.2. The molecule has 0 radical (unpaired) electrons. The van der Waals surface area contributed by atoms with Crippen molar-refractivity contribution in [1.82, 2.24) is 15.2 Å². The molecule has 0 amide bonds. The van der Waals surface area contributed by atoms with E-state index in [0.717, 1.165) is 58.3 Å². The Labute approximate surface area is 190 Å². The van der Waals surface area contributed by atoms with Crippen molar-refractivity contribution in [2.45, 2.75) is 38.7 Å². The van der Waals surface area contributed by atoms with Crippen molar-refractivity contribution < 1.29 is 8.78 Å². The maximum atomic E-state index is 13.5. The Morgan fingerprint density at radius 3 is 2.44 bits per heavy atom. The molecule has 3 rings (SSSR count). The van der Waals surface area contributed by atoms with Crippen LogP contribution in [0.4, 0.5) is 14.6 Å². The van der Waals surface area contributed by atoms with Crippen LogP contribution in [0.3, 0.4) is 0 Å². The molecule has 1 N–H and O–H groups in total. The number of aromatic nitrogens is 1. The smallest absolute Gasteiger partial charge is 0.272 e. The van der Waals surface area contributed by atoms with Gasteiger partial charge in [0.15, 0.2) is 0 Å². The quantitative estimate of drug-likeness (QED) is 0.651. The molecule has 1 fully saturated rings. The van der Waals surface area contributed by atoms with Gasteiger partial charge < -0.3 is 15.1 Å². The molecule has 5 nitrogen and oxygen atoms in total. The molecule has 0 spiro atoms. The number of rotatable bonds is 8. The zero-order valence-corrected chi connectivity index (χ0v) is 19.2. The maximum absolute atomic E-state index is 13.5. The molecule has 2 aromatic rings. The number of anilines is 1. The third kappa shape index (κ3) is 6.02. The first kappa shape index (κ1) is 24.1. The van der Waals surface area contributed by atoms with E-state index in [9.17, 15) is 8.78 Å². The summed E-state index contributed by atoms with van der Waals surface area (Å²) in [6.45, 7) is 7.70. The van der Waals surface area contributed by atoms with Crippen LogP contribution in [0.5, 0.6) is 0 Å². The molecule has 2 unspecified atom stereocenters. The lowest BCUT2D eigenvalue weighted by atomic mass is 9.90. The van der Waals surface area contributed by atoms with Crippen LogP contribution in [0.25, 0.3) is 0 Å². The Balaban J connectivity index is 1.63. The average Bonchev–Trinajstić information content (AvgIpc) is 3.04. The van der Waals surface area contributed by atoms with Gasteiger partial charge in [0.05, 0.1) is 11.6 Å². The van der Waals surface area contributed by atoms with E-state index in [4.69, 9.17) is 5.26 Å². The van der Waals surface area contributed by atoms with Crippen molar-refractivity contribution in [1.29, 1.82) is 5.26 Å². The van der Waals surface area contributed by atoms with Crippen LogP contribution in [-0.4, -0.2) is 49.7 Å². The van der Waals surface area contributed by atoms with Gasteiger partial charge in [-0.25, -0.2) is 13.8 Å². The molecule has 0 aliphatic carbocycles. The highest BCUT2D eigenvalue weighted by molar-refractivity contribution is 5.40. The lowest BCUT2D eigenvalue weighted by Gasteiger charge is -2.32. The van der Waals surface area contributed by atoms with Crippen LogP contribution >= 0.6 is 0 Å². The standard InChI is InChI=1S/C25H33F2N5/c1-4-20(24(29-3)21-8-6-19(16-28)7-9-21)18-31-12-5-13-32(15-14-31)23-11-10-22(17-30-23)25(2,26)27/h6-11,17,20,24,29H,4-5,12-15,18H2,1-3H3. The van der Waals surface area contributed by atoms with E-state index < -0.39 is 5.92 Å². The number of nitrogens with zero attached hydrogens (tertiary/aromatic N) is 4. The molecule has 0 bridgehead atoms. The fraction of sp³-hybridized carbons (Fsp3) is 0.520. The molecule has 2 atom stereocenters. The minimum atomic E-state index is -2.87. The van der Waals surface area contributed by atoms with Crippen molar-refractivity contribution >= 4 is 5.82 Å². The van der Waals surface area contributed by atoms with Crippen molar-refractivity contribution in [3.63, 3.8) is 0 Å². The summed E-state index contributed by atoms with van der Waals surface area (Å²) in [6.07, 6.45) is 3.34. The number of nitrogens with one attached hydrogen (secondary N) is 1. The van der Waals surface area contributed by atoms with Gasteiger partial charge in [0, 0.05) is 50.9 Å². The van der Waals surface area contributed by atoms with Gasteiger partial charge >= 0.3 is 0 Å². The van der Waals surface area contributed by atoms with Crippen LogP contribution in [0.15, 0.2) is 42.6 Å². The highest BCUT2D eigenvalue weighted by Gasteiger charge is 2.26. The molecule has 32 heavy (non-hydrogen) atoms. The van der Waals surface area contributed by atoms with E-state index in [1.54, 1.807) is 6.07 Å². The first-order valence-electron chi connectivity index (χ1n) is 11.3. The normalized spacial score (nSPS) is 17.4. The molecule has 1 aromatic heterocycles. The molecule has 1 saturated heterocycles. The summed E-state index contributed by atoms with van der Waals surface area (Å²) in [6, 6.07) is 13.4. The zero-order chi connectivity index (χ0) is 23.1. The summed E-state index contributed by atoms with van der Waals surface area (Å²) in [7, 11) is 1.99. The van der Waals surface area contributed by atoms with Crippen LogP contribution in [-0.2, 0) is 5.92 Å². The van der Waals surface area contributed by atoms with Crippen LogP contribution in [0.2, 0.25) is 0 Å². The largest absolute Gasteiger partial charge is 0.355 e. The van der Waals surface area contributed by atoms with Crippen molar-refractivity contribution in [2.24, 2.45) is 5.92 Å². The number of hydrogen-bond donors (Lipinski definition) is 1. The highest BCUT2D eigenvalue weighted by atomic mass is 19.3. The van der Waals surface area contributed by atoms with E-state index in [1.807, 2.05) is 31.3 Å². The van der Waals surface area contributed by atoms with E-state index >= 15 is 0 Å². The third-order valence-corrected chi connectivity index (χ3v) is 6.37. The van der Waals surface area contributed by atoms with Crippen LogP contribution in [0.1, 0.15) is 49.4 Å². The van der Waals surface area contributed by atoms with E-state index in [1.165, 1.54) is 17.8 Å². The van der Waals surface area contributed by atoms with Gasteiger partial charge in [-0.2, -0.15) is 5.26 Å². The van der Waals surface area contributed by atoms with Gasteiger partial charge in [-0.05, 0) is 55.8 Å². The van der Waals surface area contributed by atoms with Gasteiger partial charge in [-0.3, -0.25) is 0 Å². The van der Waals surface area contributed by atoms with Crippen LogP contribution in [0, 0.1) is 17.2 Å². The monoisotopic (exact) mass is 441 g/mol. The van der Waals surface area contributed by atoms with Gasteiger partial charge in [0.1, 0.15) is 5.82 Å². The molecule has 2 heterocycles. The highest BCUT2D eigenvalue weighted by Crippen LogP contribution is 2.28. The fourth-order valence-corrected chi connectivity index (χ4v) is 4.46. The minimum Gasteiger partial charge on any atom is -0.355 e. The second kappa shape index (κ2) is 10.8. The topological polar surface area (TPSA) is 55.2 Å². The van der Waals surface area contributed by atoms with Gasteiger partial charge in [-0.15, -0.1) is 0 Å². The molecule has 7 heteroatoms. The van der Waals surface area contributed by atoms with Crippen LogP contribution < -0.4 is 10.2 Å². The number of nitriles is 1. The Morgan fingerprint density at radius 1 is 1.12 bits per heavy atom. The first-order valence-corrected chi connectivity index (χ1v) is 11.3. The number of pyridine rings is 1. The summed E-state index contributed by atoms with van der Waals surface area (Å²) in [5.74, 6) is -1.67. The number of hydrogen-bond acceptors (Lipinski definition) is 5. The Hall–Kier alpha value is -2.56. The summed E-state index contributed by atoms with van der Waals surface area (Å²) in [5.41, 5.74) is 1.82. The molecule has 1 aromatic carbocycles. The Bertz CT molecular complexity index is 887. The minimum absolute atomic E-state index is 0.0515. The lowest BCUT2D eigenvalue weighted by molar-refractivity contribution is 0.0171. The van der Waals surface area contributed by atoms with Gasteiger partial charge in [0.2, 0.25) is 0 Å². The number of halogens is 2. The first-order chi connectivity index (χ1) is 15.4. The van der Waals surface area contributed by atoms with E-state index in [-0.39, 0.29) is 11.6 Å². The van der Waals surface area contributed by atoms with Crippen molar-refractivity contribution in [3.8, 4) is 6.07 Å². The average molecular weight is 442 g/mol. The molecule has 0 saturated carbocycles. The van der Waals surface area contributed by atoms with E-state index in [2.05, 4.69) is 33.1 Å². The predicted octanol–water partition coefficient (Wildman–Crippen LogP) is 4.56. The van der Waals surface area contributed by atoms with Gasteiger partial charge in [-0.1, -0.05) is 25.5 Å². The lowest BCUT2D eigenvalue weighted by Crippen LogP contribution is -2.38. The molecular weight excluding hydrogens is 408 g/mol. The second-order valence-electron chi connectivity index (χ2n) is 8.60. The maximum Gasteiger partial charge on any atom is 0.272 e. The fourth-order valence-electron chi connectivity index (χ4n) is 4.46. The summed E-state index contributed by atoms with van der Waals surface area (Å²) >= 11 is 0. The number of benzene rings is 1. The molecule has 1 aliphatic heterocycles. The van der Waals surface area contributed by atoms with Crippen molar-refractivity contribution in [3.05, 3.63) is 59.3 Å². The van der Waals surface area contributed by atoms with Crippen molar-refractivity contribution in [2.75, 3.05) is 44.7 Å². The third-order valence-electron chi connectivity index (χ3n) is 6.37. The molecule has 1 aliphatic rings. The second-order valence-corrected chi connectivity index (χ2v) is 8.60. The SMILES string of the molecule is CCC(CN1CCCN(c2ccc(C(C)(F)F)cn2)CC1)C(NC)c1ccc(C#N)cc1. The van der Waals surface area contributed by atoms with E-state index in [0.29, 0.717) is 11.5 Å². The Morgan fingerprint density at radius 2 is 1.88 bits per heavy atom. The Kier molecular flexibility index (Phi) is 8.16. The number of alkyl halides is 2. The molecule has 172 valence electrons.